The minimum absolute atomic E-state index is 0.152. The van der Waals surface area contributed by atoms with E-state index in [1.54, 1.807) is 0 Å². The average molecular weight is 187 g/mol. The van der Waals surface area contributed by atoms with Gasteiger partial charge in [-0.05, 0) is 37.0 Å². The van der Waals surface area contributed by atoms with Crippen molar-refractivity contribution in [2.75, 3.05) is 5.32 Å². The molecule has 3 rings (SSSR count). The number of hydrogen-bond donors (Lipinski definition) is 1. The van der Waals surface area contributed by atoms with E-state index >= 15 is 0 Å². The molecule has 0 unspecified atom stereocenters. The maximum Gasteiger partial charge on any atom is 0.235 e. The summed E-state index contributed by atoms with van der Waals surface area (Å²) in [7, 11) is 0. The number of rotatable bonds is 0. The van der Waals surface area contributed by atoms with Gasteiger partial charge in [0, 0.05) is 5.69 Å². The van der Waals surface area contributed by atoms with Crippen LogP contribution in [0.2, 0.25) is 0 Å². The molecule has 1 aromatic carbocycles. The van der Waals surface area contributed by atoms with Crippen LogP contribution in [0.25, 0.3) is 0 Å². The molecular weight excluding hydrogens is 174 g/mol. The quantitative estimate of drug-likeness (QED) is 0.663. The highest BCUT2D eigenvalue weighted by Gasteiger charge is 2.51. The van der Waals surface area contributed by atoms with E-state index in [-0.39, 0.29) is 11.3 Å². The van der Waals surface area contributed by atoms with Crippen LogP contribution in [0.15, 0.2) is 18.2 Å². The Bertz CT molecular complexity index is 418. The molecule has 0 atom stereocenters. The minimum Gasteiger partial charge on any atom is -0.325 e. The van der Waals surface area contributed by atoms with E-state index in [1.807, 2.05) is 12.1 Å². The Morgan fingerprint density at radius 3 is 2.79 bits per heavy atom. The lowest BCUT2D eigenvalue weighted by Crippen LogP contribution is -2.41. The second-order valence-electron chi connectivity index (χ2n) is 4.39. The maximum atomic E-state index is 11.9. The Kier molecular flexibility index (Phi) is 1.37. The van der Waals surface area contributed by atoms with Crippen molar-refractivity contribution in [1.82, 2.24) is 0 Å². The first-order valence-corrected chi connectivity index (χ1v) is 5.16. The molecule has 0 aromatic heterocycles. The average Bonchev–Trinajstić information content (AvgIpc) is 2.37. The predicted molar refractivity (Wildman–Crippen MR) is 55.3 cm³/mol. The molecule has 72 valence electrons. The molecule has 1 aromatic rings. The van der Waals surface area contributed by atoms with Gasteiger partial charge < -0.3 is 5.32 Å². The van der Waals surface area contributed by atoms with Gasteiger partial charge in [-0.2, -0.15) is 0 Å². The summed E-state index contributed by atoms with van der Waals surface area (Å²) in [5, 5.41) is 2.99. The molecular formula is C12H13NO. The predicted octanol–water partition coefficient (Wildman–Crippen LogP) is 2.37. The molecule has 1 aliphatic heterocycles. The van der Waals surface area contributed by atoms with Crippen molar-refractivity contribution in [2.24, 2.45) is 0 Å². The van der Waals surface area contributed by atoms with E-state index in [0.29, 0.717) is 0 Å². The Morgan fingerprint density at radius 1 is 1.36 bits per heavy atom. The van der Waals surface area contributed by atoms with Gasteiger partial charge in [0.2, 0.25) is 5.91 Å². The van der Waals surface area contributed by atoms with Gasteiger partial charge in [-0.25, -0.2) is 0 Å². The first-order chi connectivity index (χ1) is 6.74. The third kappa shape index (κ3) is 0.746. The summed E-state index contributed by atoms with van der Waals surface area (Å²) in [5.41, 5.74) is 3.40. The molecule has 1 aliphatic carbocycles. The van der Waals surface area contributed by atoms with E-state index in [1.165, 1.54) is 17.5 Å². The molecule has 1 spiro atoms. The summed E-state index contributed by atoms with van der Waals surface area (Å²) in [6.45, 7) is 2.10. The van der Waals surface area contributed by atoms with Gasteiger partial charge in [0.15, 0.2) is 0 Å². The zero-order valence-electron chi connectivity index (χ0n) is 8.26. The minimum atomic E-state index is -0.152. The summed E-state index contributed by atoms with van der Waals surface area (Å²) in [6, 6.07) is 6.11. The van der Waals surface area contributed by atoms with Crippen LogP contribution in [0.3, 0.4) is 0 Å². The van der Waals surface area contributed by atoms with E-state index in [0.717, 1.165) is 18.5 Å². The van der Waals surface area contributed by atoms with Crippen LogP contribution in [0.5, 0.6) is 0 Å². The van der Waals surface area contributed by atoms with Gasteiger partial charge in [-0.15, -0.1) is 0 Å². The van der Waals surface area contributed by atoms with Crippen molar-refractivity contribution < 1.29 is 4.79 Å². The zero-order chi connectivity index (χ0) is 9.76. The van der Waals surface area contributed by atoms with Gasteiger partial charge in [0.05, 0.1) is 5.41 Å². The first kappa shape index (κ1) is 8.04. The molecule has 0 saturated heterocycles. The lowest BCUT2D eigenvalue weighted by molar-refractivity contribution is -0.123. The number of aryl methyl sites for hydroxylation is 1. The number of nitrogens with one attached hydrogen (secondary N) is 1. The van der Waals surface area contributed by atoms with Crippen molar-refractivity contribution >= 4 is 11.6 Å². The Labute approximate surface area is 83.3 Å². The standard InChI is InChI=1S/C12H13NO/c1-8-4-2-5-9-10(8)12(6-3-7-12)11(14)13-9/h2,4-5H,3,6-7H2,1H3,(H,13,14). The van der Waals surface area contributed by atoms with E-state index in [2.05, 4.69) is 18.3 Å². The van der Waals surface area contributed by atoms with Crippen LogP contribution in [0.1, 0.15) is 30.4 Å². The number of anilines is 1. The molecule has 2 aliphatic rings. The van der Waals surface area contributed by atoms with E-state index in [4.69, 9.17) is 0 Å². The SMILES string of the molecule is Cc1cccc2c1C1(CCC1)C(=O)N2. The molecule has 2 nitrogen and oxygen atoms in total. The lowest BCUT2D eigenvalue weighted by Gasteiger charge is -2.36. The normalized spacial score (nSPS) is 21.6. The summed E-state index contributed by atoms with van der Waals surface area (Å²) in [5.74, 6) is 0.216. The van der Waals surface area contributed by atoms with Crippen LogP contribution in [0.4, 0.5) is 5.69 Å². The highest BCUT2D eigenvalue weighted by molar-refractivity contribution is 6.07. The molecule has 1 heterocycles. The number of carbonyl (C=O) groups is 1. The Balaban J connectivity index is 2.25. The molecule has 14 heavy (non-hydrogen) atoms. The second-order valence-corrected chi connectivity index (χ2v) is 4.39. The lowest BCUT2D eigenvalue weighted by atomic mass is 9.64. The van der Waals surface area contributed by atoms with E-state index < -0.39 is 0 Å². The van der Waals surface area contributed by atoms with Crippen LogP contribution in [-0.2, 0) is 10.2 Å². The van der Waals surface area contributed by atoms with Crippen LogP contribution < -0.4 is 5.32 Å². The Morgan fingerprint density at radius 2 is 2.14 bits per heavy atom. The third-order valence-corrected chi connectivity index (χ3v) is 3.64. The fourth-order valence-corrected chi connectivity index (χ4v) is 2.77. The number of benzene rings is 1. The number of hydrogen-bond acceptors (Lipinski definition) is 1. The molecule has 1 saturated carbocycles. The summed E-state index contributed by atoms with van der Waals surface area (Å²) >= 11 is 0. The fraction of sp³-hybridized carbons (Fsp3) is 0.417. The summed E-state index contributed by atoms with van der Waals surface area (Å²) in [4.78, 5) is 11.9. The van der Waals surface area contributed by atoms with Crippen molar-refractivity contribution in [3.05, 3.63) is 29.3 Å². The van der Waals surface area contributed by atoms with Gasteiger partial charge in [-0.1, -0.05) is 18.6 Å². The largest absolute Gasteiger partial charge is 0.325 e. The highest BCUT2D eigenvalue weighted by atomic mass is 16.2. The molecule has 0 radical (unpaired) electrons. The third-order valence-electron chi connectivity index (χ3n) is 3.64. The topological polar surface area (TPSA) is 29.1 Å². The second kappa shape index (κ2) is 2.38. The number of carbonyl (C=O) groups excluding carboxylic acids is 1. The molecule has 1 N–H and O–H groups in total. The van der Waals surface area contributed by atoms with Crippen LogP contribution in [-0.4, -0.2) is 5.91 Å². The molecule has 1 amide bonds. The monoisotopic (exact) mass is 187 g/mol. The molecule has 1 fully saturated rings. The van der Waals surface area contributed by atoms with Crippen molar-refractivity contribution in [2.45, 2.75) is 31.6 Å². The molecule has 2 heteroatoms. The van der Waals surface area contributed by atoms with Crippen molar-refractivity contribution in [1.29, 1.82) is 0 Å². The fourth-order valence-electron chi connectivity index (χ4n) is 2.77. The van der Waals surface area contributed by atoms with Gasteiger partial charge in [0.25, 0.3) is 0 Å². The smallest absolute Gasteiger partial charge is 0.235 e. The van der Waals surface area contributed by atoms with Crippen LogP contribution >= 0.6 is 0 Å². The highest BCUT2D eigenvalue weighted by Crippen LogP contribution is 2.51. The van der Waals surface area contributed by atoms with Gasteiger partial charge >= 0.3 is 0 Å². The summed E-state index contributed by atoms with van der Waals surface area (Å²) < 4.78 is 0. The van der Waals surface area contributed by atoms with Gasteiger partial charge in [0.1, 0.15) is 0 Å². The zero-order valence-corrected chi connectivity index (χ0v) is 8.26. The molecule has 0 bridgehead atoms. The van der Waals surface area contributed by atoms with Gasteiger partial charge in [-0.3, -0.25) is 4.79 Å². The van der Waals surface area contributed by atoms with Crippen molar-refractivity contribution in [3.8, 4) is 0 Å². The first-order valence-electron chi connectivity index (χ1n) is 5.16. The summed E-state index contributed by atoms with van der Waals surface area (Å²) in [6.07, 6.45) is 3.23. The van der Waals surface area contributed by atoms with Crippen LogP contribution in [0, 0.1) is 6.92 Å². The Hall–Kier alpha value is -1.31. The van der Waals surface area contributed by atoms with E-state index in [9.17, 15) is 4.79 Å². The maximum absolute atomic E-state index is 11.9. The number of amides is 1. The van der Waals surface area contributed by atoms with Crippen molar-refractivity contribution in [3.63, 3.8) is 0 Å². The number of fused-ring (bicyclic) bond motifs is 2.